The van der Waals surface area contributed by atoms with Gasteiger partial charge in [0, 0.05) is 20.3 Å². The molecule has 14 heteroatoms. The lowest BCUT2D eigenvalue weighted by atomic mass is 9.98. The van der Waals surface area contributed by atoms with Gasteiger partial charge in [-0.1, -0.05) is 20.8 Å². The van der Waals surface area contributed by atoms with Crippen LogP contribution < -0.4 is 0 Å². The lowest BCUT2D eigenvalue weighted by molar-refractivity contribution is -0.179. The van der Waals surface area contributed by atoms with Gasteiger partial charge in [-0.05, 0) is 73.5 Å². The Morgan fingerprint density at radius 1 is 0.913 bits per heavy atom. The van der Waals surface area contributed by atoms with E-state index in [1.54, 1.807) is 55.4 Å². The molecule has 2 heterocycles. The molecule has 6 atom stereocenters. The molecule has 2 rings (SSSR count). The SMILES string of the molecule is CC(=O)O[C@@H](C[C@H](O)CO[Si](C)(C)C(C)(C)C)[C@H]1[C@H]2OC(C)(C)O[C@H]2[C@H](CN(C(C)=O)C(=O)OC(C)(C)C)N1C(=O)OC(C)(C)C. The largest absolute Gasteiger partial charge is 0.460 e. The third-order valence-corrected chi connectivity index (χ3v) is 12.7. The highest BCUT2D eigenvalue weighted by atomic mass is 28.4. The van der Waals surface area contributed by atoms with E-state index in [-0.39, 0.29) is 24.6 Å². The highest BCUT2D eigenvalue weighted by molar-refractivity contribution is 6.74. The van der Waals surface area contributed by atoms with Crippen LogP contribution >= 0.6 is 0 Å². The molecule has 0 unspecified atom stereocenters. The number of hydrogen-bond acceptors (Lipinski definition) is 11. The minimum absolute atomic E-state index is 0.00938. The van der Waals surface area contributed by atoms with E-state index in [4.69, 9.17) is 28.1 Å². The predicted molar refractivity (Wildman–Crippen MR) is 172 cm³/mol. The van der Waals surface area contributed by atoms with Crippen LogP contribution in [-0.2, 0) is 37.7 Å². The summed E-state index contributed by atoms with van der Waals surface area (Å²) in [5, 5.41) is 11.1. The van der Waals surface area contributed by atoms with Crippen molar-refractivity contribution >= 4 is 32.4 Å². The van der Waals surface area contributed by atoms with Crippen LogP contribution in [-0.4, -0.2) is 114 Å². The molecule has 266 valence electrons. The minimum Gasteiger partial charge on any atom is -0.460 e. The number of esters is 1. The topological polar surface area (TPSA) is 150 Å². The maximum atomic E-state index is 14.0. The molecule has 0 radical (unpaired) electrons. The summed E-state index contributed by atoms with van der Waals surface area (Å²) < 4.78 is 36.0. The molecule has 0 spiro atoms. The molecule has 13 nitrogen and oxygen atoms in total. The summed E-state index contributed by atoms with van der Waals surface area (Å²) in [5.41, 5.74) is -1.82. The molecule has 0 aromatic heterocycles. The standard InChI is InChI=1S/C32H58N2O11Si/c1-19(35)33(27(38)44-29(3,4)5)17-22-25-26(43-32(12,13)42-25)24(34(22)28(39)45-30(6,7)8)23(41-20(2)36)16-21(37)18-40-46(14,15)31(9,10)11/h21-26,37H,16-18H2,1-15H3/t21-,22-,23-,24-,25-,26+/m0/s1. The van der Waals surface area contributed by atoms with Gasteiger partial charge in [0.2, 0.25) is 5.91 Å². The lowest BCUT2D eigenvalue weighted by Gasteiger charge is -2.40. The van der Waals surface area contributed by atoms with Gasteiger partial charge in [0.05, 0.1) is 25.3 Å². The van der Waals surface area contributed by atoms with Crippen molar-refractivity contribution in [2.75, 3.05) is 13.2 Å². The van der Waals surface area contributed by atoms with Crippen LogP contribution in [0, 0.1) is 0 Å². The van der Waals surface area contributed by atoms with Gasteiger partial charge >= 0.3 is 18.2 Å². The van der Waals surface area contributed by atoms with E-state index < -0.39 is 85.9 Å². The van der Waals surface area contributed by atoms with Crippen molar-refractivity contribution in [3.8, 4) is 0 Å². The summed E-state index contributed by atoms with van der Waals surface area (Å²) in [5.74, 6) is -2.36. The Morgan fingerprint density at radius 2 is 1.43 bits per heavy atom. The number of carbonyl (C=O) groups is 4. The van der Waals surface area contributed by atoms with E-state index in [1.165, 1.54) is 18.7 Å². The van der Waals surface area contributed by atoms with Gasteiger partial charge in [-0.25, -0.2) is 14.5 Å². The van der Waals surface area contributed by atoms with Crippen molar-refractivity contribution in [2.45, 2.75) is 168 Å². The maximum absolute atomic E-state index is 14.0. The van der Waals surface area contributed by atoms with E-state index in [2.05, 4.69) is 33.9 Å². The lowest BCUT2D eigenvalue weighted by Crippen LogP contribution is -2.57. The number of rotatable bonds is 9. The zero-order valence-electron chi connectivity index (χ0n) is 30.5. The molecule has 2 fully saturated rings. The number of fused-ring (bicyclic) bond motifs is 1. The number of amides is 3. The number of hydrogen-bond donors (Lipinski definition) is 1. The molecule has 0 bridgehead atoms. The first-order valence-electron chi connectivity index (χ1n) is 15.9. The van der Waals surface area contributed by atoms with Crippen LogP contribution in [0.3, 0.4) is 0 Å². The first-order chi connectivity index (χ1) is 20.5. The normalized spacial score (nSPS) is 24.6. The third-order valence-electron chi connectivity index (χ3n) is 8.17. The molecule has 2 aliphatic heterocycles. The van der Waals surface area contributed by atoms with Crippen molar-refractivity contribution in [3.63, 3.8) is 0 Å². The fourth-order valence-corrected chi connectivity index (χ4v) is 6.28. The first kappa shape index (κ1) is 39.9. The van der Waals surface area contributed by atoms with Gasteiger partial charge in [0.25, 0.3) is 0 Å². The number of imide groups is 1. The molecule has 1 N–H and O–H groups in total. The van der Waals surface area contributed by atoms with Crippen molar-refractivity contribution in [2.24, 2.45) is 0 Å². The van der Waals surface area contributed by atoms with Crippen molar-refractivity contribution < 1.29 is 52.4 Å². The second-order valence-electron chi connectivity index (χ2n) is 16.2. The second-order valence-corrected chi connectivity index (χ2v) is 21.0. The van der Waals surface area contributed by atoms with Crippen molar-refractivity contribution in [1.29, 1.82) is 0 Å². The van der Waals surface area contributed by atoms with Crippen molar-refractivity contribution in [3.05, 3.63) is 0 Å². The van der Waals surface area contributed by atoms with E-state index in [0.29, 0.717) is 0 Å². The Labute approximate surface area is 275 Å². The fourth-order valence-electron chi connectivity index (χ4n) is 5.23. The van der Waals surface area contributed by atoms with Gasteiger partial charge in [0.1, 0.15) is 35.6 Å². The van der Waals surface area contributed by atoms with Crippen LogP contribution in [0.4, 0.5) is 9.59 Å². The number of likely N-dealkylation sites (tertiary alicyclic amines) is 1. The molecule has 2 aliphatic rings. The molecular formula is C32H58N2O11Si. The van der Waals surface area contributed by atoms with E-state index >= 15 is 0 Å². The Hall–Kier alpha value is -2.26. The zero-order chi connectivity index (χ0) is 35.8. The van der Waals surface area contributed by atoms with Crippen LogP contribution in [0.5, 0.6) is 0 Å². The van der Waals surface area contributed by atoms with Crippen LogP contribution in [0.25, 0.3) is 0 Å². The average Bonchev–Trinajstić information content (AvgIpc) is 3.27. The molecular weight excluding hydrogens is 616 g/mol. The Morgan fingerprint density at radius 3 is 1.89 bits per heavy atom. The Kier molecular flexibility index (Phi) is 12.2. The fraction of sp³-hybridized carbons (Fsp3) is 0.875. The number of nitrogens with zero attached hydrogens (tertiary/aromatic N) is 2. The summed E-state index contributed by atoms with van der Waals surface area (Å²) in [6.07, 6.45) is -5.68. The molecule has 0 saturated carbocycles. The summed E-state index contributed by atoms with van der Waals surface area (Å²) >= 11 is 0. The van der Waals surface area contributed by atoms with Gasteiger partial charge in [-0.3, -0.25) is 14.5 Å². The summed E-state index contributed by atoms with van der Waals surface area (Å²) in [7, 11) is -2.23. The molecule has 2 saturated heterocycles. The van der Waals surface area contributed by atoms with E-state index in [9.17, 15) is 24.3 Å². The predicted octanol–water partition coefficient (Wildman–Crippen LogP) is 4.98. The van der Waals surface area contributed by atoms with Crippen LogP contribution in [0.1, 0.15) is 96.4 Å². The van der Waals surface area contributed by atoms with Gasteiger partial charge in [-0.15, -0.1) is 0 Å². The first-order valence-corrected chi connectivity index (χ1v) is 18.8. The second kappa shape index (κ2) is 14.1. The number of aliphatic hydroxyl groups is 1. The quantitative estimate of drug-likeness (QED) is 0.200. The highest BCUT2D eigenvalue weighted by Crippen LogP contribution is 2.44. The average molecular weight is 675 g/mol. The summed E-state index contributed by atoms with van der Waals surface area (Å²) in [6.45, 7) is 26.1. The molecule has 3 amide bonds. The van der Waals surface area contributed by atoms with Gasteiger partial charge < -0.3 is 33.2 Å². The van der Waals surface area contributed by atoms with Crippen LogP contribution in [0.15, 0.2) is 0 Å². The third kappa shape index (κ3) is 10.6. The van der Waals surface area contributed by atoms with Gasteiger partial charge in [-0.2, -0.15) is 0 Å². The van der Waals surface area contributed by atoms with Gasteiger partial charge in [0.15, 0.2) is 14.1 Å². The van der Waals surface area contributed by atoms with E-state index in [1.807, 2.05) is 0 Å². The summed E-state index contributed by atoms with van der Waals surface area (Å²) in [4.78, 5) is 54.8. The van der Waals surface area contributed by atoms with Crippen molar-refractivity contribution in [1.82, 2.24) is 9.80 Å². The number of aliphatic hydroxyl groups excluding tert-OH is 1. The molecule has 46 heavy (non-hydrogen) atoms. The monoisotopic (exact) mass is 674 g/mol. The summed E-state index contributed by atoms with van der Waals surface area (Å²) in [6, 6.07) is -2.01. The number of carbonyl (C=O) groups excluding carboxylic acids is 4. The maximum Gasteiger partial charge on any atom is 0.417 e. The highest BCUT2D eigenvalue weighted by Gasteiger charge is 2.63. The smallest absolute Gasteiger partial charge is 0.417 e. The molecule has 0 aliphatic carbocycles. The Bertz CT molecular complexity index is 1120. The molecule has 0 aromatic carbocycles. The number of ether oxygens (including phenoxy) is 5. The van der Waals surface area contributed by atoms with Crippen LogP contribution in [0.2, 0.25) is 18.1 Å². The Balaban J connectivity index is 2.62. The molecule has 0 aromatic rings. The zero-order valence-corrected chi connectivity index (χ0v) is 31.5. The minimum atomic E-state index is -2.23. The van der Waals surface area contributed by atoms with E-state index in [0.717, 1.165) is 4.90 Å².